The summed E-state index contributed by atoms with van der Waals surface area (Å²) in [7, 11) is 8.34. The van der Waals surface area contributed by atoms with Crippen molar-refractivity contribution >= 4 is 56.2 Å². The second kappa shape index (κ2) is 18.1. The Hall–Kier alpha value is -4.62. The summed E-state index contributed by atoms with van der Waals surface area (Å²) in [6.07, 6.45) is 4.30. The van der Waals surface area contributed by atoms with Gasteiger partial charge in [0, 0.05) is 71.0 Å². The Morgan fingerprint density at radius 3 is 1.33 bits per heavy atom. The van der Waals surface area contributed by atoms with E-state index in [1.54, 1.807) is 21.0 Å². The number of aromatic nitrogens is 4. The third-order valence-electron chi connectivity index (χ3n) is 10.3. The van der Waals surface area contributed by atoms with Crippen molar-refractivity contribution in [1.29, 1.82) is 0 Å². The van der Waals surface area contributed by atoms with E-state index in [0.29, 0.717) is 0 Å². The third-order valence-corrected chi connectivity index (χ3v) is 10.3. The first-order chi connectivity index (χ1) is 27.2. The molecule has 0 bridgehead atoms. The number of hydrogen-bond donors (Lipinski definition) is 0. The van der Waals surface area contributed by atoms with Crippen LogP contribution < -0.4 is 28.7 Å². The Morgan fingerprint density at radius 1 is 0.534 bits per heavy atom. The Bertz CT molecular complexity index is 2560. The largest absolute Gasteiger partial charge is 0 e. The molecule has 0 atom stereocenters. The van der Waals surface area contributed by atoms with Crippen LogP contribution in [0.4, 0.5) is 34.1 Å². The van der Waals surface area contributed by atoms with E-state index >= 15 is 0 Å². The number of benzene rings is 6. The smallest absolute Gasteiger partial charge is 0 e. The molecule has 58 heavy (non-hydrogen) atoms. The fourth-order valence-electron chi connectivity index (χ4n) is 7.81. The molecule has 0 aliphatic carbocycles. The van der Waals surface area contributed by atoms with E-state index in [2.05, 4.69) is 239 Å². The molecular formula is C46H43Ag2N8OOs-. The van der Waals surface area contributed by atoms with Crippen LogP contribution in [0.3, 0.4) is 0 Å². The van der Waals surface area contributed by atoms with Crippen molar-refractivity contribution in [3.8, 4) is 11.4 Å². The van der Waals surface area contributed by atoms with Gasteiger partial charge in [0.15, 0.2) is 22.1 Å². The van der Waals surface area contributed by atoms with Gasteiger partial charge in [0.05, 0.1) is 14.1 Å². The zero-order valence-corrected chi connectivity index (χ0v) is 38.4. The fourth-order valence-corrected chi connectivity index (χ4v) is 7.81. The van der Waals surface area contributed by atoms with Crippen LogP contribution in [0.25, 0.3) is 33.4 Å². The van der Waals surface area contributed by atoms with E-state index in [9.17, 15) is 0 Å². The summed E-state index contributed by atoms with van der Waals surface area (Å²) in [5, 5.41) is 0. The van der Waals surface area contributed by atoms with Crippen LogP contribution in [0.15, 0.2) is 140 Å². The Balaban J connectivity index is 0.000000182. The van der Waals surface area contributed by atoms with Gasteiger partial charge in [-0.2, -0.15) is 28.0 Å². The molecule has 9 nitrogen and oxygen atoms in total. The Kier molecular flexibility index (Phi) is 13.4. The van der Waals surface area contributed by atoms with Gasteiger partial charge in [-0.1, -0.05) is 55.5 Å². The number of aryl methyl sites for hydroxylation is 4. The van der Waals surface area contributed by atoms with Gasteiger partial charge < -0.3 is 19.6 Å². The van der Waals surface area contributed by atoms with Crippen LogP contribution in [0, 0.1) is 33.3 Å². The molecule has 8 aromatic rings. The van der Waals surface area contributed by atoms with Gasteiger partial charge in [-0.05, 0) is 87.2 Å². The summed E-state index contributed by atoms with van der Waals surface area (Å²) in [6, 6.07) is 48.6. The number of anilines is 6. The Labute approximate surface area is 381 Å². The van der Waals surface area contributed by atoms with E-state index in [1.165, 1.54) is 67.3 Å². The predicted molar refractivity (Wildman–Crippen MR) is 220 cm³/mol. The predicted octanol–water partition coefficient (Wildman–Crippen LogP) is 8.62. The molecule has 0 fully saturated rings. The van der Waals surface area contributed by atoms with Crippen molar-refractivity contribution in [2.24, 2.45) is 14.1 Å². The van der Waals surface area contributed by atoms with Crippen LogP contribution in [0.1, 0.15) is 11.1 Å². The molecule has 12 heteroatoms. The molecule has 0 unspecified atom stereocenters. The Morgan fingerprint density at radius 2 is 0.897 bits per heavy atom. The summed E-state index contributed by atoms with van der Waals surface area (Å²) >= 11 is 1.70. The minimum absolute atomic E-state index is 0. The molecule has 304 valence electrons. The fraction of sp³-hybridized carbons (Fsp3) is 0.130. The standard InChI is InChI=1S/C23H22N4.C23H21N4.2Ag.O.Os/c2*1-17-12-18(26-15-24(2)20-8-4-6-10-22(20)26)14-19(13-17)27-16-25(3)21-9-5-7-11-23(21)27;;;;/h4-16H,1-3H3;4-13,15-16H,1-3H3;;;;/q+2;-3;;;;. The molecular weight excluding hydrogens is 1090 g/mol. The average Bonchev–Trinajstić information content (AvgIpc) is 3.96. The van der Waals surface area contributed by atoms with Crippen LogP contribution in [0.2, 0.25) is 0 Å². The number of imidazole rings is 2. The molecule has 1 radical (unpaired) electrons. The second-order valence-corrected chi connectivity index (χ2v) is 14.3. The zero-order valence-electron chi connectivity index (χ0n) is 32.9. The zero-order chi connectivity index (χ0) is 39.1. The first kappa shape index (κ1) is 43.0. The summed E-state index contributed by atoms with van der Waals surface area (Å²) in [5.74, 6) is 0. The monoisotopic (exact) mass is 1130 g/mol. The summed E-state index contributed by atoms with van der Waals surface area (Å²) < 4.78 is 16.9. The molecule has 10 rings (SSSR count). The molecule has 6 aromatic carbocycles. The minimum atomic E-state index is 0. The quantitative estimate of drug-likeness (QED) is 0.101. The molecule has 0 saturated heterocycles. The topological polar surface area (TPSA) is 47.7 Å². The molecule has 0 saturated carbocycles. The van der Waals surface area contributed by atoms with Crippen molar-refractivity contribution in [2.75, 3.05) is 33.7 Å². The van der Waals surface area contributed by atoms with Gasteiger partial charge in [0.25, 0.3) is 0 Å². The minimum Gasteiger partial charge on any atom is 0 e. The van der Waals surface area contributed by atoms with E-state index < -0.39 is 0 Å². The SMILES string of the molecule is Cc1cc(-n2c[n+](C)c3ccccc32)cc(-n2c[n+](C)c3ccccc32)c1.Cc1cc(N2[CH-]N(C)c3ccccc32)[c-]c(N2[CH-]N(C)c3ccccc32)c1.[Ag].[O]=[Ag].[Os]. The molecule has 0 spiro atoms. The molecule has 0 amide bonds. The first-order valence-electron chi connectivity index (χ1n) is 18.4. The number of nitrogens with zero attached hydrogens (tertiary/aromatic N) is 8. The van der Waals surface area contributed by atoms with E-state index in [-0.39, 0.29) is 42.2 Å². The number of hydrogen-bond acceptors (Lipinski definition) is 5. The van der Waals surface area contributed by atoms with E-state index in [1.807, 2.05) is 0 Å². The molecule has 4 heterocycles. The average molecular weight is 1130 g/mol. The van der Waals surface area contributed by atoms with Gasteiger partial charge in [-0.25, -0.2) is 9.13 Å². The van der Waals surface area contributed by atoms with Crippen LogP contribution >= 0.6 is 0 Å². The van der Waals surface area contributed by atoms with Crippen LogP contribution in [0.5, 0.6) is 0 Å². The molecule has 2 aliphatic heterocycles. The van der Waals surface area contributed by atoms with Gasteiger partial charge in [-0.3, -0.25) is 0 Å². The van der Waals surface area contributed by atoms with Crippen molar-refractivity contribution in [1.82, 2.24) is 9.13 Å². The number of fused-ring (bicyclic) bond motifs is 4. The van der Waals surface area contributed by atoms with Crippen LogP contribution in [-0.4, -0.2) is 23.2 Å². The maximum absolute atomic E-state index is 8.06. The van der Waals surface area contributed by atoms with Gasteiger partial charge >= 0.3 is 24.3 Å². The molecule has 2 aliphatic rings. The molecule has 2 aromatic heterocycles. The van der Waals surface area contributed by atoms with Gasteiger partial charge in [0.1, 0.15) is 11.4 Å². The summed E-state index contributed by atoms with van der Waals surface area (Å²) in [4.78, 5) is 8.71. The van der Waals surface area contributed by atoms with Crippen molar-refractivity contribution in [3.63, 3.8) is 0 Å². The maximum atomic E-state index is 8.06. The first-order valence-corrected chi connectivity index (χ1v) is 19.0. The molecule has 0 N–H and O–H groups in total. The van der Waals surface area contributed by atoms with Crippen molar-refractivity contribution < 1.29 is 75.6 Å². The van der Waals surface area contributed by atoms with Crippen molar-refractivity contribution in [3.05, 3.63) is 171 Å². The summed E-state index contributed by atoms with van der Waals surface area (Å²) in [6.45, 7) is 8.53. The van der Waals surface area contributed by atoms with Gasteiger partial charge in [-0.15, -0.1) is 29.6 Å². The van der Waals surface area contributed by atoms with E-state index in [4.69, 9.17) is 3.25 Å². The van der Waals surface area contributed by atoms with Gasteiger partial charge in [0.2, 0.25) is 12.7 Å². The number of para-hydroxylation sites is 8. The number of rotatable bonds is 4. The van der Waals surface area contributed by atoms with Crippen LogP contribution in [-0.2, 0) is 80.6 Å². The maximum Gasteiger partial charge on any atom is 0 e. The van der Waals surface area contributed by atoms with Crippen molar-refractivity contribution in [2.45, 2.75) is 13.8 Å². The van der Waals surface area contributed by atoms with E-state index in [0.717, 1.165) is 11.4 Å². The third kappa shape index (κ3) is 8.04. The summed E-state index contributed by atoms with van der Waals surface area (Å²) in [5.41, 5.74) is 16.5. The second-order valence-electron chi connectivity index (χ2n) is 14.3. The normalized spacial score (nSPS) is 12.6.